The fourth-order valence-electron chi connectivity index (χ4n) is 3.35. The van der Waals surface area contributed by atoms with Gasteiger partial charge in [0.05, 0.1) is 0 Å². The molecule has 0 fully saturated rings. The van der Waals surface area contributed by atoms with E-state index in [1.54, 1.807) is 18.0 Å². The molecule has 0 saturated carbocycles. The van der Waals surface area contributed by atoms with Gasteiger partial charge < -0.3 is 10.2 Å². The molecular weight excluding hydrogens is 348 g/mol. The van der Waals surface area contributed by atoms with Gasteiger partial charge >= 0.3 is 0 Å². The molecule has 0 aliphatic heterocycles. The van der Waals surface area contributed by atoms with Crippen LogP contribution in [0.4, 0.5) is 11.6 Å². The summed E-state index contributed by atoms with van der Waals surface area (Å²) < 4.78 is 0. The van der Waals surface area contributed by atoms with Crippen LogP contribution in [-0.2, 0) is 6.54 Å². The van der Waals surface area contributed by atoms with E-state index < -0.39 is 0 Å². The maximum atomic E-state index is 12.9. The summed E-state index contributed by atoms with van der Waals surface area (Å²) in [6.07, 6.45) is 0. The predicted octanol–water partition coefficient (Wildman–Crippen LogP) is 4.73. The number of benzene rings is 2. The summed E-state index contributed by atoms with van der Waals surface area (Å²) in [6, 6.07) is 15.9. The molecule has 1 N–H and O–H groups in total. The third kappa shape index (κ3) is 4.55. The van der Waals surface area contributed by atoms with Gasteiger partial charge in [-0.3, -0.25) is 4.79 Å². The minimum absolute atomic E-state index is 0.130. The summed E-state index contributed by atoms with van der Waals surface area (Å²) in [5, 5.41) is 3.30. The molecule has 1 heterocycles. The van der Waals surface area contributed by atoms with E-state index in [9.17, 15) is 4.79 Å². The highest BCUT2D eigenvalue weighted by Crippen LogP contribution is 2.24. The Kier molecular flexibility index (Phi) is 5.73. The molecule has 2 aromatic carbocycles. The van der Waals surface area contributed by atoms with Crippen molar-refractivity contribution in [3.63, 3.8) is 0 Å². The van der Waals surface area contributed by atoms with Gasteiger partial charge in [-0.15, -0.1) is 0 Å². The molecule has 0 aliphatic carbocycles. The van der Waals surface area contributed by atoms with Crippen molar-refractivity contribution >= 4 is 17.5 Å². The number of anilines is 2. The van der Waals surface area contributed by atoms with Gasteiger partial charge in [0.25, 0.3) is 5.91 Å². The van der Waals surface area contributed by atoms with Crippen LogP contribution in [0.25, 0.3) is 0 Å². The van der Waals surface area contributed by atoms with Gasteiger partial charge in [-0.25, -0.2) is 9.97 Å². The predicted molar refractivity (Wildman–Crippen MR) is 113 cm³/mol. The first-order valence-electron chi connectivity index (χ1n) is 9.33. The van der Waals surface area contributed by atoms with Crippen LogP contribution in [0.5, 0.6) is 0 Å². The number of hydrogen-bond acceptors (Lipinski definition) is 4. The normalized spacial score (nSPS) is 10.6. The summed E-state index contributed by atoms with van der Waals surface area (Å²) in [7, 11) is 1.79. The van der Waals surface area contributed by atoms with Crippen LogP contribution in [0.2, 0.25) is 0 Å². The van der Waals surface area contributed by atoms with Crippen LogP contribution >= 0.6 is 0 Å². The summed E-state index contributed by atoms with van der Waals surface area (Å²) in [5.74, 6) is 0.307. The average molecular weight is 374 g/mol. The van der Waals surface area contributed by atoms with E-state index >= 15 is 0 Å². The second-order valence-corrected chi connectivity index (χ2v) is 7.26. The molecule has 5 heteroatoms. The summed E-state index contributed by atoms with van der Waals surface area (Å²) in [6.45, 7) is 8.58. The molecule has 28 heavy (non-hydrogen) atoms. The second kappa shape index (κ2) is 8.21. The van der Waals surface area contributed by atoms with Crippen molar-refractivity contribution in [2.24, 2.45) is 0 Å². The van der Waals surface area contributed by atoms with Gasteiger partial charge in [-0.2, -0.15) is 0 Å². The Morgan fingerprint density at radius 2 is 1.61 bits per heavy atom. The van der Waals surface area contributed by atoms with Crippen molar-refractivity contribution in [2.45, 2.75) is 34.2 Å². The van der Waals surface area contributed by atoms with Crippen molar-refractivity contribution in [3.05, 3.63) is 82.2 Å². The number of hydrogen-bond donors (Lipinski definition) is 1. The first kappa shape index (κ1) is 19.5. The van der Waals surface area contributed by atoms with Crippen molar-refractivity contribution < 1.29 is 4.79 Å². The monoisotopic (exact) mass is 374 g/mol. The maximum absolute atomic E-state index is 12.9. The van der Waals surface area contributed by atoms with E-state index in [-0.39, 0.29) is 5.91 Å². The van der Waals surface area contributed by atoms with Crippen LogP contribution in [0.1, 0.15) is 38.4 Å². The van der Waals surface area contributed by atoms with E-state index in [0.717, 1.165) is 28.1 Å². The Hall–Kier alpha value is -3.21. The molecule has 0 saturated heterocycles. The summed E-state index contributed by atoms with van der Waals surface area (Å²) in [4.78, 5) is 23.5. The van der Waals surface area contributed by atoms with Crippen LogP contribution in [0.3, 0.4) is 0 Å². The zero-order valence-electron chi connectivity index (χ0n) is 17.1. The molecule has 0 radical (unpaired) electrons. The number of nitrogens with zero attached hydrogens (tertiary/aromatic N) is 3. The molecule has 0 aliphatic rings. The van der Waals surface area contributed by atoms with Crippen LogP contribution in [0.15, 0.2) is 48.5 Å². The van der Waals surface area contributed by atoms with Gasteiger partial charge in [-0.1, -0.05) is 48.0 Å². The van der Waals surface area contributed by atoms with E-state index in [2.05, 4.69) is 48.2 Å². The molecule has 3 rings (SSSR count). The highest BCUT2D eigenvalue weighted by Gasteiger charge is 2.16. The van der Waals surface area contributed by atoms with Gasteiger partial charge in [0.15, 0.2) is 0 Å². The van der Waals surface area contributed by atoms with E-state index in [1.165, 1.54) is 5.56 Å². The Bertz CT molecular complexity index is 976. The highest BCUT2D eigenvalue weighted by molar-refractivity contribution is 5.92. The standard InChI is InChI=1S/C23H26N4O/c1-15-11-16(2)21(17(3)12-15)26-23-24-18(4)13-20(25-23)22(28)27(5)14-19-9-7-6-8-10-19/h6-13H,14H2,1-5H3,(H,24,25,26). The molecule has 0 bridgehead atoms. The lowest BCUT2D eigenvalue weighted by molar-refractivity contribution is 0.0779. The van der Waals surface area contributed by atoms with Gasteiger partial charge in [0.1, 0.15) is 5.69 Å². The quantitative estimate of drug-likeness (QED) is 0.702. The SMILES string of the molecule is Cc1cc(C)c(Nc2nc(C)cc(C(=O)N(C)Cc3ccccc3)n2)c(C)c1. The molecule has 0 unspecified atom stereocenters. The number of aromatic nitrogens is 2. The second-order valence-electron chi connectivity index (χ2n) is 7.26. The topological polar surface area (TPSA) is 58.1 Å². The lowest BCUT2D eigenvalue weighted by Crippen LogP contribution is -2.27. The third-order valence-electron chi connectivity index (χ3n) is 4.60. The van der Waals surface area contributed by atoms with Gasteiger partial charge in [0.2, 0.25) is 5.95 Å². The van der Waals surface area contributed by atoms with Gasteiger partial charge in [0, 0.05) is 25.0 Å². The maximum Gasteiger partial charge on any atom is 0.272 e. The average Bonchev–Trinajstić information content (AvgIpc) is 2.64. The number of aryl methyl sites for hydroxylation is 4. The number of rotatable bonds is 5. The van der Waals surface area contributed by atoms with Crippen LogP contribution in [0, 0.1) is 27.7 Å². The lowest BCUT2D eigenvalue weighted by atomic mass is 10.1. The van der Waals surface area contributed by atoms with Crippen molar-refractivity contribution in [1.29, 1.82) is 0 Å². The molecule has 0 atom stereocenters. The molecule has 144 valence electrons. The fraction of sp³-hybridized carbons (Fsp3) is 0.261. The van der Waals surface area contributed by atoms with Crippen LogP contribution in [-0.4, -0.2) is 27.8 Å². The molecule has 3 aromatic rings. The van der Waals surface area contributed by atoms with Crippen molar-refractivity contribution in [3.8, 4) is 0 Å². The molecule has 5 nitrogen and oxygen atoms in total. The lowest BCUT2D eigenvalue weighted by Gasteiger charge is -2.18. The number of nitrogens with one attached hydrogen (secondary N) is 1. The fourth-order valence-corrected chi connectivity index (χ4v) is 3.35. The summed E-state index contributed by atoms with van der Waals surface area (Å²) in [5.41, 5.74) is 6.64. The summed E-state index contributed by atoms with van der Waals surface area (Å²) >= 11 is 0. The van der Waals surface area contributed by atoms with Crippen molar-refractivity contribution in [2.75, 3.05) is 12.4 Å². The molecule has 1 amide bonds. The number of carbonyl (C=O) groups excluding carboxylic acids is 1. The first-order valence-corrected chi connectivity index (χ1v) is 9.33. The van der Waals surface area contributed by atoms with E-state index in [0.29, 0.717) is 18.2 Å². The van der Waals surface area contributed by atoms with E-state index in [1.807, 2.05) is 37.3 Å². The third-order valence-corrected chi connectivity index (χ3v) is 4.60. The minimum Gasteiger partial charge on any atom is -0.336 e. The minimum atomic E-state index is -0.130. The zero-order chi connectivity index (χ0) is 20.3. The highest BCUT2D eigenvalue weighted by atomic mass is 16.2. The smallest absolute Gasteiger partial charge is 0.272 e. The largest absolute Gasteiger partial charge is 0.336 e. The Balaban J connectivity index is 1.84. The molecular formula is C23H26N4O. The number of carbonyl (C=O) groups is 1. The molecule has 1 aromatic heterocycles. The van der Waals surface area contributed by atoms with Crippen LogP contribution < -0.4 is 5.32 Å². The first-order chi connectivity index (χ1) is 13.3. The number of amides is 1. The molecule has 0 spiro atoms. The Morgan fingerprint density at radius 3 is 2.25 bits per heavy atom. The van der Waals surface area contributed by atoms with E-state index in [4.69, 9.17) is 0 Å². The Morgan fingerprint density at radius 1 is 0.964 bits per heavy atom. The zero-order valence-corrected chi connectivity index (χ0v) is 17.1. The van der Waals surface area contributed by atoms with Gasteiger partial charge in [-0.05, 0) is 50.5 Å². The van der Waals surface area contributed by atoms with Crippen molar-refractivity contribution in [1.82, 2.24) is 14.9 Å². The Labute approximate surface area is 166 Å².